The summed E-state index contributed by atoms with van der Waals surface area (Å²) in [5, 5.41) is 12.9. The van der Waals surface area contributed by atoms with Gasteiger partial charge in [0.05, 0.1) is 5.69 Å². The van der Waals surface area contributed by atoms with Gasteiger partial charge in [0.2, 0.25) is 0 Å². The maximum Gasteiger partial charge on any atom is 0.115 e. The molecule has 2 aromatic rings. The van der Waals surface area contributed by atoms with Gasteiger partial charge in [0.25, 0.3) is 0 Å². The second-order valence-corrected chi connectivity index (χ2v) is 4.46. The molecule has 0 aliphatic rings. The van der Waals surface area contributed by atoms with E-state index in [9.17, 15) is 5.11 Å². The summed E-state index contributed by atoms with van der Waals surface area (Å²) in [6, 6.07) is 13.6. The lowest BCUT2D eigenvalue weighted by Crippen LogP contribution is -2.23. The van der Waals surface area contributed by atoms with E-state index in [0.717, 1.165) is 11.3 Å². The highest BCUT2D eigenvalue weighted by atomic mass is 16.3. The van der Waals surface area contributed by atoms with Gasteiger partial charge in [-0.1, -0.05) is 18.2 Å². The van der Waals surface area contributed by atoms with Crippen LogP contribution in [0.15, 0.2) is 48.7 Å². The van der Waals surface area contributed by atoms with Crippen molar-refractivity contribution < 1.29 is 5.11 Å². The minimum absolute atomic E-state index is 0.161. The molecule has 94 valence electrons. The number of phenolic OH excluding ortho intramolecular Hbond substituents is 1. The van der Waals surface area contributed by atoms with Crippen LogP contribution in [0.4, 0.5) is 0 Å². The van der Waals surface area contributed by atoms with Crippen LogP contribution in [0, 0.1) is 0 Å². The predicted molar refractivity (Wildman–Crippen MR) is 72.3 cm³/mol. The van der Waals surface area contributed by atoms with Crippen molar-refractivity contribution in [2.45, 2.75) is 25.9 Å². The number of nitrogens with zero attached hydrogens (tertiary/aromatic N) is 1. The molecule has 0 saturated heterocycles. The molecule has 1 unspecified atom stereocenters. The highest BCUT2D eigenvalue weighted by Gasteiger charge is 2.11. The zero-order valence-corrected chi connectivity index (χ0v) is 10.7. The summed E-state index contributed by atoms with van der Waals surface area (Å²) in [5.74, 6) is 0.298. The highest BCUT2D eigenvalue weighted by Crippen LogP contribution is 2.20. The average Bonchev–Trinajstić information content (AvgIpc) is 2.39. The molecular weight excluding hydrogens is 224 g/mol. The number of nitrogens with one attached hydrogen (secondary N) is 1. The summed E-state index contributed by atoms with van der Waals surface area (Å²) in [6.07, 6.45) is 1.80. The number of pyridine rings is 1. The van der Waals surface area contributed by atoms with Gasteiger partial charge in [0.1, 0.15) is 5.75 Å². The van der Waals surface area contributed by atoms with Crippen LogP contribution >= 0.6 is 0 Å². The Balaban J connectivity index is 2.05. The number of benzene rings is 1. The van der Waals surface area contributed by atoms with Crippen LogP contribution in [0.5, 0.6) is 5.75 Å². The van der Waals surface area contributed by atoms with Gasteiger partial charge in [0, 0.05) is 18.3 Å². The molecule has 3 heteroatoms. The van der Waals surface area contributed by atoms with Crippen LogP contribution in [-0.2, 0) is 0 Å². The predicted octanol–water partition coefficient (Wildman–Crippen LogP) is 3.20. The van der Waals surface area contributed by atoms with Crippen LogP contribution in [-0.4, -0.2) is 10.1 Å². The molecule has 0 aliphatic heterocycles. The Bertz CT molecular complexity index is 499. The Morgan fingerprint density at radius 3 is 2.56 bits per heavy atom. The fourth-order valence-electron chi connectivity index (χ4n) is 1.98. The first kappa shape index (κ1) is 12.6. The van der Waals surface area contributed by atoms with E-state index < -0.39 is 0 Å². The highest BCUT2D eigenvalue weighted by molar-refractivity contribution is 5.29. The van der Waals surface area contributed by atoms with E-state index in [2.05, 4.69) is 24.1 Å². The quantitative estimate of drug-likeness (QED) is 0.865. The van der Waals surface area contributed by atoms with Crippen LogP contribution in [0.25, 0.3) is 0 Å². The third-order valence-electron chi connectivity index (χ3n) is 3.00. The fraction of sp³-hybridized carbons (Fsp3) is 0.267. The molecule has 3 nitrogen and oxygen atoms in total. The van der Waals surface area contributed by atoms with Gasteiger partial charge in [0.15, 0.2) is 0 Å². The Labute approximate surface area is 108 Å². The van der Waals surface area contributed by atoms with Crippen LogP contribution < -0.4 is 5.32 Å². The minimum Gasteiger partial charge on any atom is -0.508 e. The number of rotatable bonds is 4. The van der Waals surface area contributed by atoms with Crippen molar-refractivity contribution >= 4 is 0 Å². The Kier molecular flexibility index (Phi) is 3.95. The van der Waals surface area contributed by atoms with Crippen molar-refractivity contribution in [1.82, 2.24) is 10.3 Å². The van der Waals surface area contributed by atoms with Crippen molar-refractivity contribution in [3.63, 3.8) is 0 Å². The van der Waals surface area contributed by atoms with Crippen molar-refractivity contribution in [3.8, 4) is 5.75 Å². The molecule has 0 amide bonds. The molecule has 0 radical (unpaired) electrons. The minimum atomic E-state index is 0.161. The van der Waals surface area contributed by atoms with Crippen LogP contribution in [0.3, 0.4) is 0 Å². The molecule has 2 rings (SSSR count). The van der Waals surface area contributed by atoms with Gasteiger partial charge in [-0.15, -0.1) is 0 Å². The van der Waals surface area contributed by atoms with E-state index in [4.69, 9.17) is 0 Å². The van der Waals surface area contributed by atoms with Crippen molar-refractivity contribution in [2.24, 2.45) is 0 Å². The molecule has 1 aromatic carbocycles. The Morgan fingerprint density at radius 2 is 1.89 bits per heavy atom. The van der Waals surface area contributed by atoms with Crippen molar-refractivity contribution in [1.29, 1.82) is 0 Å². The summed E-state index contributed by atoms with van der Waals surface area (Å²) in [6.45, 7) is 4.16. The van der Waals surface area contributed by atoms with Crippen molar-refractivity contribution in [2.75, 3.05) is 0 Å². The monoisotopic (exact) mass is 242 g/mol. The fourth-order valence-corrected chi connectivity index (χ4v) is 1.98. The zero-order chi connectivity index (χ0) is 13.0. The summed E-state index contributed by atoms with van der Waals surface area (Å²) < 4.78 is 0. The van der Waals surface area contributed by atoms with E-state index in [0.29, 0.717) is 5.75 Å². The SMILES string of the molecule is CC(N[C@H](C)c1ccccn1)c1cccc(O)c1. The first-order valence-corrected chi connectivity index (χ1v) is 6.12. The molecule has 1 heterocycles. The molecule has 1 aromatic heterocycles. The van der Waals surface area contributed by atoms with Gasteiger partial charge in [-0.3, -0.25) is 4.98 Å². The molecular formula is C15H18N2O. The second-order valence-electron chi connectivity index (χ2n) is 4.46. The number of phenols is 1. The normalized spacial score (nSPS) is 14.1. The van der Waals surface area contributed by atoms with Gasteiger partial charge in [-0.25, -0.2) is 0 Å². The average molecular weight is 242 g/mol. The maximum absolute atomic E-state index is 9.47. The molecule has 0 spiro atoms. The van der Waals surface area contributed by atoms with E-state index in [1.165, 1.54) is 0 Å². The number of aromatic nitrogens is 1. The third kappa shape index (κ3) is 3.08. The van der Waals surface area contributed by atoms with E-state index in [1.807, 2.05) is 30.3 Å². The zero-order valence-electron chi connectivity index (χ0n) is 10.7. The standard InChI is InChI=1S/C15H18N2O/c1-11(13-6-5-7-14(18)10-13)17-12(2)15-8-3-4-9-16-15/h3-12,17-18H,1-2H3/t11?,12-/m1/s1. The molecule has 18 heavy (non-hydrogen) atoms. The van der Waals surface area contributed by atoms with Gasteiger partial charge < -0.3 is 10.4 Å². The van der Waals surface area contributed by atoms with Crippen LogP contribution in [0.1, 0.15) is 37.2 Å². The van der Waals surface area contributed by atoms with E-state index in [-0.39, 0.29) is 12.1 Å². The molecule has 0 saturated carbocycles. The Hall–Kier alpha value is -1.87. The molecule has 0 fully saturated rings. The summed E-state index contributed by atoms with van der Waals surface area (Å²) in [4.78, 5) is 4.33. The third-order valence-corrected chi connectivity index (χ3v) is 3.00. The van der Waals surface area contributed by atoms with Gasteiger partial charge in [-0.2, -0.15) is 0 Å². The first-order chi connectivity index (χ1) is 8.66. The maximum atomic E-state index is 9.47. The Morgan fingerprint density at radius 1 is 1.06 bits per heavy atom. The summed E-state index contributed by atoms with van der Waals surface area (Å²) in [7, 11) is 0. The summed E-state index contributed by atoms with van der Waals surface area (Å²) >= 11 is 0. The van der Waals surface area contributed by atoms with Crippen LogP contribution in [0.2, 0.25) is 0 Å². The van der Waals surface area contributed by atoms with Gasteiger partial charge >= 0.3 is 0 Å². The molecule has 0 aliphatic carbocycles. The topological polar surface area (TPSA) is 45.2 Å². The summed E-state index contributed by atoms with van der Waals surface area (Å²) in [5.41, 5.74) is 2.09. The lowest BCUT2D eigenvalue weighted by molar-refractivity contribution is 0.464. The van der Waals surface area contributed by atoms with Gasteiger partial charge in [-0.05, 0) is 43.7 Å². The number of aromatic hydroxyl groups is 1. The first-order valence-electron chi connectivity index (χ1n) is 6.12. The lowest BCUT2D eigenvalue weighted by atomic mass is 10.1. The molecule has 2 N–H and O–H groups in total. The van der Waals surface area contributed by atoms with Crippen molar-refractivity contribution in [3.05, 3.63) is 59.9 Å². The van der Waals surface area contributed by atoms with E-state index >= 15 is 0 Å². The molecule has 2 atom stereocenters. The largest absolute Gasteiger partial charge is 0.508 e. The number of hydrogen-bond acceptors (Lipinski definition) is 3. The number of hydrogen-bond donors (Lipinski definition) is 2. The molecule has 0 bridgehead atoms. The van der Waals surface area contributed by atoms with E-state index in [1.54, 1.807) is 18.3 Å². The lowest BCUT2D eigenvalue weighted by Gasteiger charge is -2.20. The smallest absolute Gasteiger partial charge is 0.115 e. The second kappa shape index (κ2) is 5.65.